The molecule has 4 bridgehead atoms. The van der Waals surface area contributed by atoms with E-state index in [4.69, 9.17) is 5.73 Å². The van der Waals surface area contributed by atoms with Gasteiger partial charge in [0.1, 0.15) is 0 Å². The zero-order chi connectivity index (χ0) is 12.3. The Kier molecular flexibility index (Phi) is 2.13. The molecule has 4 fully saturated rings. The largest absolute Gasteiger partial charge is 0.399 e. The fourth-order valence-corrected chi connectivity index (χ4v) is 5.43. The van der Waals surface area contributed by atoms with Gasteiger partial charge in [0.25, 0.3) is 0 Å². The third kappa shape index (κ3) is 1.46. The van der Waals surface area contributed by atoms with E-state index in [-0.39, 0.29) is 0 Å². The maximum absolute atomic E-state index is 6.14. The zero-order valence-corrected chi connectivity index (χ0v) is 11.3. The van der Waals surface area contributed by atoms with Crippen molar-refractivity contribution < 1.29 is 0 Å². The van der Waals surface area contributed by atoms with Gasteiger partial charge in [-0.3, -0.25) is 0 Å². The van der Waals surface area contributed by atoms with Gasteiger partial charge in [-0.1, -0.05) is 12.1 Å². The highest BCUT2D eigenvalue weighted by Crippen LogP contribution is 2.60. The molecule has 0 aliphatic heterocycles. The number of hydrogen-bond acceptors (Lipinski definition) is 1. The quantitative estimate of drug-likeness (QED) is 0.738. The van der Waals surface area contributed by atoms with E-state index < -0.39 is 0 Å². The van der Waals surface area contributed by atoms with Gasteiger partial charge >= 0.3 is 0 Å². The third-order valence-electron chi connectivity index (χ3n) is 5.93. The predicted octanol–water partition coefficient (Wildman–Crippen LogP) is 4.05. The fraction of sp³-hybridized carbons (Fsp3) is 0.647. The molecule has 4 aliphatic carbocycles. The van der Waals surface area contributed by atoms with Gasteiger partial charge in [-0.15, -0.1) is 0 Å². The second kappa shape index (κ2) is 3.53. The predicted molar refractivity (Wildman–Crippen MR) is 75.4 cm³/mol. The SMILES string of the molecule is Cc1ccc(C23CC4CC(CC(C4)C2)C3)cc1N. The lowest BCUT2D eigenvalue weighted by Crippen LogP contribution is -2.48. The minimum atomic E-state index is 0.497. The summed E-state index contributed by atoms with van der Waals surface area (Å²) in [5, 5.41) is 0. The van der Waals surface area contributed by atoms with E-state index in [1.54, 1.807) is 5.56 Å². The van der Waals surface area contributed by atoms with E-state index in [9.17, 15) is 0 Å². The molecular weight excluding hydrogens is 218 g/mol. The van der Waals surface area contributed by atoms with E-state index in [0.29, 0.717) is 5.41 Å². The van der Waals surface area contributed by atoms with Gasteiger partial charge in [-0.25, -0.2) is 0 Å². The van der Waals surface area contributed by atoms with Crippen LogP contribution >= 0.6 is 0 Å². The first kappa shape index (κ1) is 10.9. The molecule has 1 heteroatoms. The van der Waals surface area contributed by atoms with E-state index in [1.165, 1.54) is 44.1 Å². The Morgan fingerprint density at radius 1 is 1.00 bits per heavy atom. The second-order valence-electron chi connectivity index (χ2n) is 7.27. The first-order valence-electron chi connectivity index (χ1n) is 7.51. The van der Waals surface area contributed by atoms with Crippen LogP contribution < -0.4 is 5.73 Å². The molecule has 1 nitrogen and oxygen atoms in total. The maximum atomic E-state index is 6.14. The first-order valence-corrected chi connectivity index (χ1v) is 7.51. The highest BCUT2D eigenvalue weighted by molar-refractivity contribution is 5.50. The molecule has 1 aromatic carbocycles. The summed E-state index contributed by atoms with van der Waals surface area (Å²) >= 11 is 0. The molecule has 5 rings (SSSR count). The Labute approximate surface area is 110 Å². The molecule has 0 heterocycles. The number of hydrogen-bond donors (Lipinski definition) is 1. The van der Waals surface area contributed by atoms with Crippen molar-refractivity contribution in [2.75, 3.05) is 5.73 Å². The van der Waals surface area contributed by atoms with Crippen LogP contribution in [0.25, 0.3) is 0 Å². The highest BCUT2D eigenvalue weighted by Gasteiger charge is 2.51. The van der Waals surface area contributed by atoms with Crippen LogP contribution in [-0.4, -0.2) is 0 Å². The Morgan fingerprint density at radius 2 is 1.56 bits per heavy atom. The lowest BCUT2D eigenvalue weighted by atomic mass is 9.48. The zero-order valence-electron chi connectivity index (χ0n) is 11.3. The average Bonchev–Trinajstić information content (AvgIpc) is 2.31. The Bertz CT molecular complexity index is 453. The summed E-state index contributed by atoms with van der Waals surface area (Å²) < 4.78 is 0. The Hall–Kier alpha value is -0.980. The van der Waals surface area contributed by atoms with Crippen LogP contribution in [0.5, 0.6) is 0 Å². The monoisotopic (exact) mass is 241 g/mol. The lowest BCUT2D eigenvalue weighted by molar-refractivity contribution is -0.00516. The molecule has 0 radical (unpaired) electrons. The minimum Gasteiger partial charge on any atom is -0.399 e. The van der Waals surface area contributed by atoms with Crippen molar-refractivity contribution in [3.8, 4) is 0 Å². The van der Waals surface area contributed by atoms with Crippen molar-refractivity contribution in [1.82, 2.24) is 0 Å². The molecule has 18 heavy (non-hydrogen) atoms. The van der Waals surface area contributed by atoms with Crippen LogP contribution in [-0.2, 0) is 5.41 Å². The fourth-order valence-electron chi connectivity index (χ4n) is 5.43. The average molecular weight is 241 g/mol. The number of anilines is 1. The Morgan fingerprint density at radius 3 is 2.06 bits per heavy atom. The van der Waals surface area contributed by atoms with Crippen molar-refractivity contribution >= 4 is 5.69 Å². The molecule has 0 saturated heterocycles. The molecule has 1 aromatic rings. The van der Waals surface area contributed by atoms with Crippen molar-refractivity contribution in [2.45, 2.75) is 50.9 Å². The molecule has 2 N–H and O–H groups in total. The van der Waals surface area contributed by atoms with E-state index in [0.717, 1.165) is 23.4 Å². The number of nitrogens with two attached hydrogens (primary N) is 1. The van der Waals surface area contributed by atoms with Crippen LogP contribution in [0.3, 0.4) is 0 Å². The van der Waals surface area contributed by atoms with Crippen LogP contribution in [0.2, 0.25) is 0 Å². The summed E-state index contributed by atoms with van der Waals surface area (Å²) in [5.41, 5.74) is 10.4. The standard InChI is InChI=1S/C17H23N/c1-11-2-3-15(7-16(11)18)17-8-12-4-13(9-17)6-14(5-12)10-17/h2-3,7,12-14H,4-6,8-10,18H2,1H3. The van der Waals surface area contributed by atoms with Crippen LogP contribution in [0, 0.1) is 24.7 Å². The molecule has 0 amide bonds. The van der Waals surface area contributed by atoms with Gasteiger partial charge in [0.05, 0.1) is 0 Å². The Balaban J connectivity index is 1.76. The number of aryl methyl sites for hydroxylation is 1. The topological polar surface area (TPSA) is 26.0 Å². The third-order valence-corrected chi connectivity index (χ3v) is 5.93. The second-order valence-corrected chi connectivity index (χ2v) is 7.27. The molecule has 4 saturated carbocycles. The molecule has 4 aliphatic rings. The summed E-state index contributed by atoms with van der Waals surface area (Å²) in [6.07, 6.45) is 8.84. The van der Waals surface area contributed by atoms with Crippen molar-refractivity contribution in [3.63, 3.8) is 0 Å². The van der Waals surface area contributed by atoms with Crippen LogP contribution in [0.15, 0.2) is 18.2 Å². The molecule has 0 unspecified atom stereocenters. The van der Waals surface area contributed by atoms with Gasteiger partial charge in [0, 0.05) is 5.69 Å². The summed E-state index contributed by atoms with van der Waals surface area (Å²) in [6.45, 7) is 2.11. The summed E-state index contributed by atoms with van der Waals surface area (Å²) in [5.74, 6) is 3.04. The molecule has 0 spiro atoms. The van der Waals surface area contributed by atoms with Gasteiger partial charge in [0.15, 0.2) is 0 Å². The van der Waals surface area contributed by atoms with Crippen molar-refractivity contribution in [3.05, 3.63) is 29.3 Å². The molecular formula is C17H23N. The first-order chi connectivity index (χ1) is 8.64. The molecule has 0 atom stereocenters. The van der Waals surface area contributed by atoms with Gasteiger partial charge < -0.3 is 5.73 Å². The summed E-state index contributed by atoms with van der Waals surface area (Å²) in [6, 6.07) is 6.87. The normalized spacial score (nSPS) is 41.3. The number of benzene rings is 1. The summed E-state index contributed by atoms with van der Waals surface area (Å²) in [4.78, 5) is 0. The van der Waals surface area contributed by atoms with Crippen molar-refractivity contribution in [1.29, 1.82) is 0 Å². The van der Waals surface area contributed by atoms with E-state index in [2.05, 4.69) is 25.1 Å². The van der Waals surface area contributed by atoms with Gasteiger partial charge in [-0.05, 0) is 85.8 Å². The van der Waals surface area contributed by atoms with E-state index >= 15 is 0 Å². The summed E-state index contributed by atoms with van der Waals surface area (Å²) in [7, 11) is 0. The minimum absolute atomic E-state index is 0.497. The molecule has 0 aromatic heterocycles. The van der Waals surface area contributed by atoms with Gasteiger partial charge in [0.2, 0.25) is 0 Å². The number of nitrogen functional groups attached to an aromatic ring is 1. The van der Waals surface area contributed by atoms with E-state index in [1.807, 2.05) is 0 Å². The van der Waals surface area contributed by atoms with Crippen LogP contribution in [0.4, 0.5) is 5.69 Å². The van der Waals surface area contributed by atoms with Gasteiger partial charge in [-0.2, -0.15) is 0 Å². The number of rotatable bonds is 1. The van der Waals surface area contributed by atoms with Crippen LogP contribution in [0.1, 0.15) is 49.7 Å². The smallest absolute Gasteiger partial charge is 0.0346 e. The lowest BCUT2D eigenvalue weighted by Gasteiger charge is -2.57. The van der Waals surface area contributed by atoms with Crippen molar-refractivity contribution in [2.24, 2.45) is 17.8 Å². The molecule has 96 valence electrons. The maximum Gasteiger partial charge on any atom is 0.0346 e. The highest BCUT2D eigenvalue weighted by atomic mass is 14.6.